The van der Waals surface area contributed by atoms with Crippen molar-refractivity contribution >= 4 is 5.97 Å². The van der Waals surface area contributed by atoms with Crippen LogP contribution in [0.4, 0.5) is 0 Å². The van der Waals surface area contributed by atoms with Gasteiger partial charge in [-0.1, -0.05) is 19.9 Å². The molecule has 0 spiro atoms. The Morgan fingerprint density at radius 3 is 2.74 bits per heavy atom. The van der Waals surface area contributed by atoms with E-state index in [2.05, 4.69) is 23.7 Å². The molecule has 1 aliphatic heterocycles. The lowest BCUT2D eigenvalue weighted by Gasteiger charge is -2.33. The van der Waals surface area contributed by atoms with Crippen molar-refractivity contribution < 1.29 is 9.90 Å². The SMILES string of the molecule is CC(C)C1CCN(Cc2cccnc2C(=O)O)CC1. The average molecular weight is 262 g/mol. The van der Waals surface area contributed by atoms with E-state index in [-0.39, 0.29) is 5.69 Å². The van der Waals surface area contributed by atoms with Crippen LogP contribution in [-0.4, -0.2) is 34.0 Å². The number of piperidine rings is 1. The highest BCUT2D eigenvalue weighted by atomic mass is 16.4. The minimum absolute atomic E-state index is 0.188. The highest BCUT2D eigenvalue weighted by molar-refractivity contribution is 5.86. The van der Waals surface area contributed by atoms with Gasteiger partial charge in [-0.25, -0.2) is 9.78 Å². The van der Waals surface area contributed by atoms with Gasteiger partial charge in [0.1, 0.15) is 0 Å². The van der Waals surface area contributed by atoms with Gasteiger partial charge in [0.05, 0.1) is 0 Å². The highest BCUT2D eigenvalue weighted by Crippen LogP contribution is 2.25. The summed E-state index contributed by atoms with van der Waals surface area (Å²) in [7, 11) is 0. The third-order valence-corrected chi connectivity index (χ3v) is 4.06. The Hall–Kier alpha value is -1.42. The molecule has 2 rings (SSSR count). The highest BCUT2D eigenvalue weighted by Gasteiger charge is 2.22. The summed E-state index contributed by atoms with van der Waals surface area (Å²) in [6.45, 7) is 7.36. The first-order chi connectivity index (χ1) is 9.08. The smallest absolute Gasteiger partial charge is 0.354 e. The van der Waals surface area contributed by atoms with Gasteiger partial charge in [-0.3, -0.25) is 4.90 Å². The number of carboxylic acid groups (broad SMARTS) is 1. The van der Waals surface area contributed by atoms with Gasteiger partial charge in [-0.2, -0.15) is 0 Å². The molecule has 1 aliphatic rings. The van der Waals surface area contributed by atoms with Crippen LogP contribution in [0.1, 0.15) is 42.7 Å². The van der Waals surface area contributed by atoms with Gasteiger partial charge >= 0.3 is 5.97 Å². The summed E-state index contributed by atoms with van der Waals surface area (Å²) in [6, 6.07) is 3.67. The van der Waals surface area contributed by atoms with Crippen LogP contribution in [0.3, 0.4) is 0 Å². The molecule has 1 aromatic heterocycles. The fourth-order valence-corrected chi connectivity index (χ4v) is 2.78. The number of pyridine rings is 1. The maximum absolute atomic E-state index is 11.1. The molecule has 2 heterocycles. The number of aromatic carboxylic acids is 1. The molecule has 0 aromatic carbocycles. The van der Waals surface area contributed by atoms with Crippen molar-refractivity contribution in [3.05, 3.63) is 29.6 Å². The maximum atomic E-state index is 11.1. The van der Waals surface area contributed by atoms with Crippen molar-refractivity contribution in [1.29, 1.82) is 0 Å². The first-order valence-electron chi connectivity index (χ1n) is 6.97. The van der Waals surface area contributed by atoms with E-state index < -0.39 is 5.97 Å². The number of aromatic nitrogens is 1. The zero-order valence-electron chi connectivity index (χ0n) is 11.7. The summed E-state index contributed by atoms with van der Waals surface area (Å²) in [4.78, 5) is 17.4. The van der Waals surface area contributed by atoms with Gasteiger partial charge in [-0.05, 0) is 49.4 Å². The van der Waals surface area contributed by atoms with Crippen molar-refractivity contribution in [3.63, 3.8) is 0 Å². The average Bonchev–Trinajstić information content (AvgIpc) is 2.39. The van der Waals surface area contributed by atoms with E-state index in [9.17, 15) is 4.79 Å². The quantitative estimate of drug-likeness (QED) is 0.906. The topological polar surface area (TPSA) is 53.4 Å². The first kappa shape index (κ1) is 14.0. The second-order valence-electron chi connectivity index (χ2n) is 5.67. The fourth-order valence-electron chi connectivity index (χ4n) is 2.78. The molecule has 0 unspecified atom stereocenters. The summed E-state index contributed by atoms with van der Waals surface area (Å²) in [5.74, 6) is 0.617. The zero-order chi connectivity index (χ0) is 13.8. The van der Waals surface area contributed by atoms with Crippen LogP contribution in [-0.2, 0) is 6.54 Å². The number of hydrogen-bond acceptors (Lipinski definition) is 3. The molecule has 0 aliphatic carbocycles. The minimum atomic E-state index is -0.937. The number of rotatable bonds is 4. The van der Waals surface area contributed by atoms with Crippen LogP contribution >= 0.6 is 0 Å². The number of hydrogen-bond donors (Lipinski definition) is 1. The molecule has 1 N–H and O–H groups in total. The lowest BCUT2D eigenvalue weighted by molar-refractivity contribution is 0.0686. The minimum Gasteiger partial charge on any atom is -0.477 e. The van der Waals surface area contributed by atoms with Crippen LogP contribution in [0.2, 0.25) is 0 Å². The Morgan fingerprint density at radius 2 is 2.16 bits per heavy atom. The number of nitrogens with zero attached hydrogens (tertiary/aromatic N) is 2. The third kappa shape index (κ3) is 3.53. The lowest BCUT2D eigenvalue weighted by Crippen LogP contribution is -2.35. The van der Waals surface area contributed by atoms with Gasteiger partial charge < -0.3 is 5.11 Å². The molecule has 0 bridgehead atoms. The second-order valence-corrected chi connectivity index (χ2v) is 5.67. The van der Waals surface area contributed by atoms with Crippen molar-refractivity contribution in [3.8, 4) is 0 Å². The summed E-state index contributed by atoms with van der Waals surface area (Å²) in [6.07, 6.45) is 3.96. The molecular weight excluding hydrogens is 240 g/mol. The van der Waals surface area contributed by atoms with E-state index in [0.29, 0.717) is 6.54 Å². The molecule has 0 saturated carbocycles. The Bertz CT molecular complexity index is 438. The van der Waals surface area contributed by atoms with Crippen molar-refractivity contribution in [1.82, 2.24) is 9.88 Å². The zero-order valence-corrected chi connectivity index (χ0v) is 11.7. The van der Waals surface area contributed by atoms with Crippen molar-refractivity contribution in [2.24, 2.45) is 11.8 Å². The summed E-state index contributed by atoms with van der Waals surface area (Å²) in [5, 5.41) is 9.13. The van der Waals surface area contributed by atoms with Gasteiger partial charge in [0, 0.05) is 12.7 Å². The van der Waals surface area contributed by atoms with Crippen molar-refractivity contribution in [2.75, 3.05) is 13.1 Å². The van der Waals surface area contributed by atoms with E-state index in [4.69, 9.17) is 5.11 Å². The molecular formula is C15H22N2O2. The number of carbonyl (C=O) groups is 1. The summed E-state index contributed by atoms with van der Waals surface area (Å²) >= 11 is 0. The van der Waals surface area contributed by atoms with E-state index in [1.807, 2.05) is 12.1 Å². The van der Waals surface area contributed by atoms with Crippen LogP contribution in [0.25, 0.3) is 0 Å². The molecule has 1 aromatic rings. The van der Waals surface area contributed by atoms with Crippen LogP contribution in [0, 0.1) is 11.8 Å². The normalized spacial score (nSPS) is 17.8. The van der Waals surface area contributed by atoms with Gasteiger partial charge in [0.15, 0.2) is 5.69 Å². The Kier molecular flexibility index (Phi) is 4.53. The molecule has 0 radical (unpaired) electrons. The van der Waals surface area contributed by atoms with Crippen LogP contribution in [0.15, 0.2) is 18.3 Å². The molecule has 104 valence electrons. The number of carboxylic acids is 1. The van der Waals surface area contributed by atoms with Gasteiger partial charge in [-0.15, -0.1) is 0 Å². The lowest BCUT2D eigenvalue weighted by atomic mass is 9.86. The van der Waals surface area contributed by atoms with Gasteiger partial charge in [0.2, 0.25) is 0 Å². The van der Waals surface area contributed by atoms with E-state index in [0.717, 1.165) is 30.5 Å². The molecule has 19 heavy (non-hydrogen) atoms. The van der Waals surface area contributed by atoms with Crippen LogP contribution < -0.4 is 0 Å². The molecule has 0 amide bonds. The molecule has 0 atom stereocenters. The molecule has 4 nitrogen and oxygen atoms in total. The monoisotopic (exact) mass is 262 g/mol. The van der Waals surface area contributed by atoms with E-state index >= 15 is 0 Å². The predicted octanol–water partition coefficient (Wildman–Crippen LogP) is 2.65. The molecule has 4 heteroatoms. The third-order valence-electron chi connectivity index (χ3n) is 4.06. The van der Waals surface area contributed by atoms with Crippen LogP contribution in [0.5, 0.6) is 0 Å². The summed E-state index contributed by atoms with van der Waals surface area (Å²) in [5.41, 5.74) is 1.01. The Balaban J connectivity index is 1.98. The van der Waals surface area contributed by atoms with E-state index in [1.165, 1.54) is 19.0 Å². The Morgan fingerprint density at radius 1 is 1.47 bits per heavy atom. The largest absolute Gasteiger partial charge is 0.477 e. The number of likely N-dealkylation sites (tertiary alicyclic amines) is 1. The standard InChI is InChI=1S/C15H22N2O2/c1-11(2)12-5-8-17(9-6-12)10-13-4-3-7-16-14(13)15(18)19/h3-4,7,11-12H,5-6,8-10H2,1-2H3,(H,18,19). The Labute approximate surface area is 114 Å². The molecule has 1 saturated heterocycles. The molecule has 1 fully saturated rings. The van der Waals surface area contributed by atoms with Gasteiger partial charge in [0.25, 0.3) is 0 Å². The van der Waals surface area contributed by atoms with E-state index in [1.54, 1.807) is 0 Å². The summed E-state index contributed by atoms with van der Waals surface area (Å²) < 4.78 is 0. The predicted molar refractivity (Wildman–Crippen MR) is 74.0 cm³/mol. The second kappa shape index (κ2) is 6.15. The van der Waals surface area contributed by atoms with Crippen molar-refractivity contribution in [2.45, 2.75) is 33.2 Å². The fraction of sp³-hybridized carbons (Fsp3) is 0.600. The first-order valence-corrected chi connectivity index (χ1v) is 6.97. The maximum Gasteiger partial charge on any atom is 0.354 e.